The Morgan fingerprint density at radius 1 is 0.913 bits per heavy atom. The summed E-state index contributed by atoms with van der Waals surface area (Å²) in [5, 5.41) is 9.79. The van der Waals surface area contributed by atoms with E-state index in [2.05, 4.69) is 59.0 Å². The van der Waals surface area contributed by atoms with Gasteiger partial charge in [-0.2, -0.15) is 0 Å². The molecule has 4 rings (SSSR count). The zero-order chi connectivity index (χ0) is 15.6. The van der Waals surface area contributed by atoms with Crippen molar-refractivity contribution >= 4 is 29.1 Å². The average molecular weight is 302 g/mol. The first-order valence-electron chi connectivity index (χ1n) is 8.01. The number of benzene rings is 3. The Labute approximate surface area is 136 Å². The number of anilines is 2. The largest absolute Gasteiger partial charge is 0.497 e. The van der Waals surface area contributed by atoms with Gasteiger partial charge in [-0.05, 0) is 48.0 Å². The molecule has 3 aromatic carbocycles. The van der Waals surface area contributed by atoms with E-state index in [1.165, 1.54) is 27.7 Å². The lowest BCUT2D eigenvalue weighted by Crippen LogP contribution is -2.37. The van der Waals surface area contributed by atoms with Crippen LogP contribution in [-0.2, 0) is 6.42 Å². The molecule has 0 atom stereocenters. The minimum Gasteiger partial charge on any atom is -0.497 e. The minimum absolute atomic E-state index is 0.238. The van der Waals surface area contributed by atoms with E-state index in [9.17, 15) is 0 Å². The third kappa shape index (κ3) is 2.72. The number of methoxy groups -OCH3 is 1. The topological polar surface area (TPSA) is 33.3 Å². The molecule has 0 fully saturated rings. The molecule has 0 bridgehead atoms. The first kappa shape index (κ1) is 14.0. The highest BCUT2D eigenvalue weighted by Gasteiger charge is 2.22. The Kier molecular flexibility index (Phi) is 3.58. The standard InChI is InChI=1S/C19H19BN2O/c1-23-16-8-2-5-14(13-16)11-12-20-21-17-9-3-6-15-7-4-10-18(22-20)19(15)17/h2-10,13,21-22H,11-12H2,1H3. The van der Waals surface area contributed by atoms with Gasteiger partial charge in [0, 0.05) is 16.8 Å². The summed E-state index contributed by atoms with van der Waals surface area (Å²) in [6.07, 6.45) is 2.01. The second-order valence-electron chi connectivity index (χ2n) is 5.94. The molecule has 0 radical (unpaired) electrons. The summed E-state index contributed by atoms with van der Waals surface area (Å²) in [7, 11) is 1.71. The molecule has 3 nitrogen and oxygen atoms in total. The molecule has 1 aliphatic heterocycles. The highest BCUT2D eigenvalue weighted by molar-refractivity contribution is 6.67. The van der Waals surface area contributed by atoms with Crippen LogP contribution in [0, 0.1) is 0 Å². The molecular weight excluding hydrogens is 283 g/mol. The van der Waals surface area contributed by atoms with Gasteiger partial charge >= 0.3 is 6.98 Å². The maximum Gasteiger partial charge on any atom is 0.370 e. The van der Waals surface area contributed by atoms with Gasteiger partial charge in [-0.15, -0.1) is 0 Å². The van der Waals surface area contributed by atoms with Crippen molar-refractivity contribution < 1.29 is 4.74 Å². The maximum atomic E-state index is 5.30. The second-order valence-corrected chi connectivity index (χ2v) is 5.94. The summed E-state index contributed by atoms with van der Waals surface area (Å²) < 4.78 is 5.30. The lowest BCUT2D eigenvalue weighted by molar-refractivity contribution is 0.414. The smallest absolute Gasteiger partial charge is 0.370 e. The van der Waals surface area contributed by atoms with Crippen LogP contribution in [0.5, 0.6) is 5.75 Å². The van der Waals surface area contributed by atoms with Gasteiger partial charge in [0.1, 0.15) is 5.75 Å². The van der Waals surface area contributed by atoms with Crippen molar-refractivity contribution in [2.75, 3.05) is 17.6 Å². The van der Waals surface area contributed by atoms with Gasteiger partial charge in [-0.25, -0.2) is 0 Å². The van der Waals surface area contributed by atoms with Crippen molar-refractivity contribution in [3.63, 3.8) is 0 Å². The van der Waals surface area contributed by atoms with Crippen LogP contribution in [0.15, 0.2) is 60.7 Å². The van der Waals surface area contributed by atoms with Crippen LogP contribution < -0.4 is 15.2 Å². The van der Waals surface area contributed by atoms with Crippen molar-refractivity contribution in [3.8, 4) is 5.75 Å². The predicted molar refractivity (Wildman–Crippen MR) is 98.5 cm³/mol. The predicted octanol–water partition coefficient (Wildman–Crippen LogP) is 4.42. The summed E-state index contributed by atoms with van der Waals surface area (Å²) in [5.41, 5.74) is 3.73. The van der Waals surface area contributed by atoms with Crippen molar-refractivity contribution in [2.24, 2.45) is 0 Å². The molecule has 23 heavy (non-hydrogen) atoms. The van der Waals surface area contributed by atoms with Gasteiger partial charge in [0.25, 0.3) is 0 Å². The normalized spacial score (nSPS) is 12.7. The number of nitrogens with one attached hydrogen (secondary N) is 2. The molecule has 1 heterocycles. The fourth-order valence-electron chi connectivity index (χ4n) is 3.28. The Hall–Kier alpha value is -2.62. The van der Waals surface area contributed by atoms with E-state index in [4.69, 9.17) is 4.74 Å². The van der Waals surface area contributed by atoms with Crippen LogP contribution in [0.4, 0.5) is 11.4 Å². The van der Waals surface area contributed by atoms with Crippen LogP contribution in [0.1, 0.15) is 5.56 Å². The third-order valence-corrected chi connectivity index (χ3v) is 4.42. The molecule has 0 aromatic heterocycles. The summed E-state index contributed by atoms with van der Waals surface area (Å²) in [6.45, 7) is 0.238. The lowest BCUT2D eigenvalue weighted by atomic mass is 9.68. The fraction of sp³-hybridized carbons (Fsp3) is 0.158. The summed E-state index contributed by atoms with van der Waals surface area (Å²) in [4.78, 5) is 0. The minimum atomic E-state index is 0.238. The molecule has 0 unspecified atom stereocenters. The Balaban J connectivity index is 1.52. The molecule has 1 aliphatic rings. The van der Waals surface area contributed by atoms with Crippen LogP contribution >= 0.6 is 0 Å². The van der Waals surface area contributed by atoms with Crippen molar-refractivity contribution in [1.82, 2.24) is 0 Å². The monoisotopic (exact) mass is 302 g/mol. The van der Waals surface area contributed by atoms with Gasteiger partial charge in [0.2, 0.25) is 0 Å². The van der Waals surface area contributed by atoms with Gasteiger partial charge in [-0.1, -0.05) is 36.4 Å². The quantitative estimate of drug-likeness (QED) is 0.700. The Morgan fingerprint density at radius 3 is 2.30 bits per heavy atom. The first-order chi connectivity index (χ1) is 11.3. The molecule has 0 spiro atoms. The van der Waals surface area contributed by atoms with Crippen molar-refractivity contribution in [3.05, 3.63) is 66.2 Å². The lowest BCUT2D eigenvalue weighted by Gasteiger charge is -2.26. The highest BCUT2D eigenvalue weighted by Crippen LogP contribution is 2.34. The Morgan fingerprint density at radius 2 is 1.61 bits per heavy atom. The molecule has 4 heteroatoms. The van der Waals surface area contributed by atoms with Crippen LogP contribution in [-0.4, -0.2) is 14.1 Å². The van der Waals surface area contributed by atoms with E-state index >= 15 is 0 Å². The van der Waals surface area contributed by atoms with E-state index in [0.29, 0.717) is 0 Å². The Bertz CT molecular complexity index is 809. The molecule has 114 valence electrons. The first-order valence-corrected chi connectivity index (χ1v) is 8.01. The number of aryl methyl sites for hydroxylation is 1. The van der Waals surface area contributed by atoms with Gasteiger partial charge in [0.05, 0.1) is 7.11 Å². The van der Waals surface area contributed by atoms with E-state index in [-0.39, 0.29) is 6.98 Å². The van der Waals surface area contributed by atoms with Crippen molar-refractivity contribution in [2.45, 2.75) is 12.7 Å². The zero-order valence-corrected chi connectivity index (χ0v) is 13.2. The second kappa shape index (κ2) is 5.88. The SMILES string of the molecule is COc1cccc(CCB2Nc3cccc4cccc(c34)N2)c1. The molecule has 0 amide bonds. The van der Waals surface area contributed by atoms with Gasteiger partial charge < -0.3 is 15.2 Å². The fourth-order valence-corrected chi connectivity index (χ4v) is 3.28. The number of rotatable bonds is 4. The highest BCUT2D eigenvalue weighted by atomic mass is 16.5. The van der Waals surface area contributed by atoms with Crippen LogP contribution in [0.2, 0.25) is 6.32 Å². The van der Waals surface area contributed by atoms with E-state index < -0.39 is 0 Å². The van der Waals surface area contributed by atoms with Gasteiger partial charge in [0.15, 0.2) is 0 Å². The maximum absolute atomic E-state index is 5.30. The number of hydrogen-bond donors (Lipinski definition) is 2. The number of hydrogen-bond acceptors (Lipinski definition) is 3. The van der Waals surface area contributed by atoms with Crippen molar-refractivity contribution in [1.29, 1.82) is 0 Å². The number of ether oxygens (including phenoxy) is 1. The van der Waals surface area contributed by atoms with Crippen LogP contribution in [0.3, 0.4) is 0 Å². The molecule has 0 saturated carbocycles. The zero-order valence-electron chi connectivity index (χ0n) is 13.2. The molecule has 2 N–H and O–H groups in total. The van der Waals surface area contributed by atoms with Gasteiger partial charge in [-0.3, -0.25) is 0 Å². The summed E-state index contributed by atoms with van der Waals surface area (Å²) in [5.74, 6) is 0.919. The molecule has 0 saturated heterocycles. The van der Waals surface area contributed by atoms with E-state index in [1.54, 1.807) is 7.11 Å². The molecule has 0 aliphatic carbocycles. The van der Waals surface area contributed by atoms with E-state index in [1.807, 2.05) is 12.1 Å². The average Bonchev–Trinajstić information content (AvgIpc) is 2.61. The van der Waals surface area contributed by atoms with Crippen LogP contribution in [0.25, 0.3) is 10.8 Å². The molecule has 3 aromatic rings. The third-order valence-electron chi connectivity index (χ3n) is 4.42. The summed E-state index contributed by atoms with van der Waals surface area (Å²) in [6, 6.07) is 21.1. The molecular formula is C19H19BN2O. The van der Waals surface area contributed by atoms with E-state index in [0.717, 1.165) is 18.5 Å². The summed E-state index contributed by atoms with van der Waals surface area (Å²) >= 11 is 0.